The molecule has 39 heavy (non-hydrogen) atoms. The van der Waals surface area contributed by atoms with Crippen LogP contribution in [0.5, 0.6) is 5.75 Å². The van der Waals surface area contributed by atoms with E-state index in [0.29, 0.717) is 58.2 Å². The third-order valence-corrected chi connectivity index (χ3v) is 6.27. The van der Waals surface area contributed by atoms with Gasteiger partial charge in [-0.25, -0.2) is 4.39 Å². The van der Waals surface area contributed by atoms with Gasteiger partial charge >= 0.3 is 0 Å². The maximum absolute atomic E-state index is 13.6. The summed E-state index contributed by atoms with van der Waals surface area (Å²) in [7, 11) is 5.49. The minimum absolute atomic E-state index is 0.168. The number of hydrogen-bond donors (Lipinski definition) is 2. The number of likely N-dealkylation sites (N-methyl/N-ethyl adjacent to an activating group) is 1. The SMILES string of the molecule is CNC(=O)c1c(-c2ccc(F)cc2)oc2ccc(-c3cc(C(=O)NCC(C)C)ccc3OCCN(C)C)cc12. The quantitative estimate of drug-likeness (QED) is 0.279. The zero-order valence-electron chi connectivity index (χ0n) is 22.9. The molecule has 0 unspecified atom stereocenters. The average molecular weight is 532 g/mol. The molecule has 0 atom stereocenters. The number of fused-ring (bicyclic) bond motifs is 1. The highest BCUT2D eigenvalue weighted by atomic mass is 19.1. The van der Waals surface area contributed by atoms with E-state index in [-0.39, 0.29) is 17.6 Å². The van der Waals surface area contributed by atoms with Gasteiger partial charge in [0.15, 0.2) is 0 Å². The fourth-order valence-electron chi connectivity index (χ4n) is 4.18. The van der Waals surface area contributed by atoms with Gasteiger partial charge in [0.2, 0.25) is 0 Å². The Morgan fingerprint density at radius 2 is 1.69 bits per heavy atom. The molecule has 0 aliphatic heterocycles. The average Bonchev–Trinajstić information content (AvgIpc) is 3.30. The fraction of sp³-hybridized carbons (Fsp3) is 0.290. The summed E-state index contributed by atoms with van der Waals surface area (Å²) >= 11 is 0. The van der Waals surface area contributed by atoms with Gasteiger partial charge in [-0.3, -0.25) is 9.59 Å². The Morgan fingerprint density at radius 1 is 0.974 bits per heavy atom. The smallest absolute Gasteiger partial charge is 0.255 e. The lowest BCUT2D eigenvalue weighted by molar-refractivity contribution is 0.0945. The molecule has 8 heteroatoms. The van der Waals surface area contributed by atoms with Crippen molar-refractivity contribution >= 4 is 22.8 Å². The molecule has 3 aromatic carbocycles. The van der Waals surface area contributed by atoms with Crippen LogP contribution in [0.4, 0.5) is 4.39 Å². The Kier molecular flexibility index (Phi) is 8.66. The molecular formula is C31H34FN3O4. The molecular weight excluding hydrogens is 497 g/mol. The third-order valence-electron chi connectivity index (χ3n) is 6.27. The van der Waals surface area contributed by atoms with E-state index in [0.717, 1.165) is 17.7 Å². The predicted octanol–water partition coefficient (Wildman–Crippen LogP) is 5.59. The molecule has 0 aliphatic carbocycles. The number of nitrogens with one attached hydrogen (secondary N) is 2. The maximum Gasteiger partial charge on any atom is 0.255 e. The van der Waals surface area contributed by atoms with Crippen LogP contribution in [0, 0.1) is 11.7 Å². The van der Waals surface area contributed by atoms with E-state index < -0.39 is 0 Å². The van der Waals surface area contributed by atoms with Gasteiger partial charge < -0.3 is 24.7 Å². The van der Waals surface area contributed by atoms with Crippen LogP contribution in [0.15, 0.2) is 65.1 Å². The van der Waals surface area contributed by atoms with Crippen LogP contribution in [0.3, 0.4) is 0 Å². The molecule has 204 valence electrons. The number of rotatable bonds is 10. The van der Waals surface area contributed by atoms with E-state index in [1.807, 2.05) is 51.0 Å². The lowest BCUT2D eigenvalue weighted by Gasteiger charge is -2.16. The summed E-state index contributed by atoms with van der Waals surface area (Å²) in [6, 6.07) is 16.7. The maximum atomic E-state index is 13.6. The highest BCUT2D eigenvalue weighted by molar-refractivity contribution is 6.12. The molecule has 0 saturated heterocycles. The van der Waals surface area contributed by atoms with Gasteiger partial charge in [-0.2, -0.15) is 0 Å². The van der Waals surface area contributed by atoms with Gasteiger partial charge in [0.1, 0.15) is 29.5 Å². The number of halogens is 1. The van der Waals surface area contributed by atoms with E-state index >= 15 is 0 Å². The Labute approximate surface area is 227 Å². The van der Waals surface area contributed by atoms with Crippen molar-refractivity contribution in [3.8, 4) is 28.2 Å². The monoisotopic (exact) mass is 531 g/mol. The highest BCUT2D eigenvalue weighted by Gasteiger charge is 2.23. The zero-order valence-corrected chi connectivity index (χ0v) is 22.9. The number of furan rings is 1. The summed E-state index contributed by atoms with van der Waals surface area (Å²) in [4.78, 5) is 27.9. The number of carbonyl (C=O) groups excluding carboxylic acids is 2. The van der Waals surface area contributed by atoms with Gasteiger partial charge in [-0.05, 0) is 80.2 Å². The first kappa shape index (κ1) is 27.9. The van der Waals surface area contributed by atoms with Crippen molar-refractivity contribution in [2.45, 2.75) is 13.8 Å². The third kappa shape index (κ3) is 6.46. The minimum atomic E-state index is -0.377. The Morgan fingerprint density at radius 3 is 2.36 bits per heavy atom. The summed E-state index contributed by atoms with van der Waals surface area (Å²) in [6.45, 7) is 5.83. The number of nitrogens with zero attached hydrogens (tertiary/aromatic N) is 1. The highest BCUT2D eigenvalue weighted by Crippen LogP contribution is 2.38. The van der Waals surface area contributed by atoms with Crippen molar-refractivity contribution in [1.82, 2.24) is 15.5 Å². The number of carbonyl (C=O) groups is 2. The lowest BCUT2D eigenvalue weighted by atomic mass is 9.98. The molecule has 0 bridgehead atoms. The first-order chi connectivity index (χ1) is 18.7. The van der Waals surface area contributed by atoms with Crippen LogP contribution in [-0.4, -0.2) is 57.6 Å². The number of hydrogen-bond acceptors (Lipinski definition) is 5. The van der Waals surface area contributed by atoms with Crippen LogP contribution in [-0.2, 0) is 0 Å². The van der Waals surface area contributed by atoms with Crippen LogP contribution < -0.4 is 15.4 Å². The summed E-state index contributed by atoms with van der Waals surface area (Å²) < 4.78 is 25.8. The summed E-state index contributed by atoms with van der Waals surface area (Å²) in [5.41, 5.74) is 3.44. The molecule has 7 nitrogen and oxygen atoms in total. The summed E-state index contributed by atoms with van der Waals surface area (Å²) in [5, 5.41) is 6.24. The normalized spacial score (nSPS) is 11.3. The van der Waals surface area contributed by atoms with E-state index in [1.165, 1.54) is 12.1 Å². The van der Waals surface area contributed by atoms with Crippen molar-refractivity contribution in [1.29, 1.82) is 0 Å². The largest absolute Gasteiger partial charge is 0.492 e. The predicted molar refractivity (Wildman–Crippen MR) is 152 cm³/mol. The second-order valence-electron chi connectivity index (χ2n) is 10.1. The molecule has 4 aromatic rings. The van der Waals surface area contributed by atoms with Crippen LogP contribution in [0.25, 0.3) is 33.4 Å². The molecule has 0 radical (unpaired) electrons. The van der Waals surface area contributed by atoms with E-state index in [1.54, 1.807) is 37.4 Å². The Hall–Kier alpha value is -4.17. The fourth-order valence-corrected chi connectivity index (χ4v) is 4.18. The van der Waals surface area contributed by atoms with Crippen molar-refractivity contribution in [3.05, 3.63) is 77.6 Å². The van der Waals surface area contributed by atoms with E-state index in [4.69, 9.17) is 9.15 Å². The van der Waals surface area contributed by atoms with Crippen LogP contribution >= 0.6 is 0 Å². The zero-order chi connectivity index (χ0) is 28.1. The van der Waals surface area contributed by atoms with Crippen molar-refractivity contribution in [2.75, 3.05) is 40.8 Å². The minimum Gasteiger partial charge on any atom is -0.492 e. The Balaban J connectivity index is 1.83. The van der Waals surface area contributed by atoms with Gasteiger partial charge in [0.25, 0.3) is 11.8 Å². The molecule has 2 N–H and O–H groups in total. The molecule has 0 spiro atoms. The molecule has 2 amide bonds. The first-order valence-electron chi connectivity index (χ1n) is 12.9. The molecule has 4 rings (SSSR count). The number of benzene rings is 3. The summed E-state index contributed by atoms with van der Waals surface area (Å²) in [6.07, 6.45) is 0. The van der Waals surface area contributed by atoms with Gasteiger partial charge in [-0.15, -0.1) is 0 Å². The van der Waals surface area contributed by atoms with E-state index in [2.05, 4.69) is 10.6 Å². The van der Waals surface area contributed by atoms with Gasteiger partial charge in [-0.1, -0.05) is 19.9 Å². The lowest BCUT2D eigenvalue weighted by Crippen LogP contribution is -2.27. The topological polar surface area (TPSA) is 83.8 Å². The Bertz CT molecular complexity index is 1480. The molecule has 1 aromatic heterocycles. The molecule has 0 aliphatic rings. The summed E-state index contributed by atoms with van der Waals surface area (Å²) in [5.74, 6) is 0.432. The van der Waals surface area contributed by atoms with Crippen molar-refractivity contribution in [2.24, 2.45) is 5.92 Å². The van der Waals surface area contributed by atoms with Crippen LogP contribution in [0.2, 0.25) is 0 Å². The van der Waals surface area contributed by atoms with Crippen molar-refractivity contribution < 1.29 is 23.1 Å². The van der Waals surface area contributed by atoms with Crippen LogP contribution in [0.1, 0.15) is 34.6 Å². The molecule has 0 saturated carbocycles. The van der Waals surface area contributed by atoms with E-state index in [9.17, 15) is 14.0 Å². The second kappa shape index (κ2) is 12.1. The van der Waals surface area contributed by atoms with Crippen molar-refractivity contribution in [3.63, 3.8) is 0 Å². The molecule has 0 fully saturated rings. The van der Waals surface area contributed by atoms with Gasteiger partial charge in [0.05, 0.1) is 5.56 Å². The first-order valence-corrected chi connectivity index (χ1v) is 12.9. The number of amides is 2. The number of ether oxygens (including phenoxy) is 1. The standard InChI is InChI=1S/C31H34FN3O4/c1-19(2)18-34-30(36)22-9-12-26(38-15-14-35(4)5)24(17-22)21-8-13-27-25(16-21)28(31(37)33-3)29(39-27)20-6-10-23(32)11-7-20/h6-13,16-17,19H,14-15,18H2,1-5H3,(H,33,37)(H,34,36). The van der Waals surface area contributed by atoms with Gasteiger partial charge in [0, 0.05) is 42.2 Å². The molecule has 1 heterocycles. The second-order valence-corrected chi connectivity index (χ2v) is 10.1.